The monoisotopic (exact) mass is 232 g/mol. The fraction of sp³-hybridized carbons (Fsp3) is 0.167. The van der Waals surface area contributed by atoms with Crippen LogP contribution in [0, 0.1) is 0 Å². The molecule has 1 aliphatic carbocycles. The lowest BCUT2D eigenvalue weighted by Crippen LogP contribution is -1.82. The van der Waals surface area contributed by atoms with Crippen LogP contribution >= 0.6 is 15.9 Å². The maximum Gasteiger partial charge on any atom is 0.0442 e. The minimum Gasteiger partial charge on any atom is -0.0835 e. The van der Waals surface area contributed by atoms with Crippen molar-refractivity contribution in [3.63, 3.8) is 0 Å². The highest BCUT2D eigenvalue weighted by Gasteiger charge is 2.20. The molecule has 1 heteroatoms. The van der Waals surface area contributed by atoms with Gasteiger partial charge in [-0.1, -0.05) is 52.3 Å². The van der Waals surface area contributed by atoms with Crippen molar-refractivity contribution in [3.8, 4) is 0 Å². The average Bonchev–Trinajstić information content (AvgIpc) is 2.47. The molecule has 0 saturated heterocycles. The molecule has 0 bridgehead atoms. The van der Waals surface area contributed by atoms with Crippen LogP contribution in [0.4, 0.5) is 0 Å². The Morgan fingerprint density at radius 2 is 1.85 bits per heavy atom. The molecule has 2 aromatic rings. The highest BCUT2D eigenvalue weighted by molar-refractivity contribution is 9.09. The van der Waals surface area contributed by atoms with Crippen LogP contribution in [0.2, 0.25) is 0 Å². The van der Waals surface area contributed by atoms with E-state index in [-0.39, 0.29) is 0 Å². The summed E-state index contributed by atoms with van der Waals surface area (Å²) in [5, 5.41) is 2.84. The normalized spacial score (nSPS) is 19.6. The lowest BCUT2D eigenvalue weighted by molar-refractivity contribution is 1.01. The van der Waals surface area contributed by atoms with Gasteiger partial charge in [0.25, 0.3) is 0 Å². The van der Waals surface area contributed by atoms with Crippen LogP contribution in [-0.4, -0.2) is 0 Å². The maximum absolute atomic E-state index is 3.71. The van der Waals surface area contributed by atoms with Gasteiger partial charge >= 0.3 is 0 Å². The molecular formula is C12H9Br. The lowest BCUT2D eigenvalue weighted by atomic mass is 10.1. The summed E-state index contributed by atoms with van der Waals surface area (Å²) in [6.45, 7) is 0. The largest absolute Gasteiger partial charge is 0.0835 e. The zero-order chi connectivity index (χ0) is 8.84. The highest BCUT2D eigenvalue weighted by atomic mass is 79.9. The van der Waals surface area contributed by atoms with Crippen LogP contribution in [-0.2, 0) is 6.42 Å². The first kappa shape index (κ1) is 7.57. The van der Waals surface area contributed by atoms with Gasteiger partial charge in [0.1, 0.15) is 0 Å². The number of benzene rings is 2. The Kier molecular flexibility index (Phi) is 1.50. The molecule has 64 valence electrons. The molecule has 0 amide bonds. The maximum atomic E-state index is 3.71. The van der Waals surface area contributed by atoms with E-state index in [1.54, 1.807) is 0 Å². The fourth-order valence-corrected chi connectivity index (χ4v) is 2.91. The number of rotatable bonds is 0. The van der Waals surface area contributed by atoms with Crippen molar-refractivity contribution in [1.29, 1.82) is 0 Å². The van der Waals surface area contributed by atoms with Gasteiger partial charge < -0.3 is 0 Å². The zero-order valence-electron chi connectivity index (χ0n) is 7.13. The smallest absolute Gasteiger partial charge is 0.0442 e. The van der Waals surface area contributed by atoms with Crippen LogP contribution in [0.1, 0.15) is 16.0 Å². The Hall–Kier alpha value is -0.820. The van der Waals surface area contributed by atoms with Gasteiger partial charge in [0, 0.05) is 4.83 Å². The summed E-state index contributed by atoms with van der Waals surface area (Å²) in [6.07, 6.45) is 1.14. The third-order valence-corrected chi connectivity index (χ3v) is 3.58. The minimum atomic E-state index is 0.522. The van der Waals surface area contributed by atoms with Crippen LogP contribution in [0.15, 0.2) is 36.4 Å². The minimum absolute atomic E-state index is 0.522. The Labute approximate surface area is 85.7 Å². The summed E-state index contributed by atoms with van der Waals surface area (Å²) < 4.78 is 0. The van der Waals surface area contributed by atoms with Gasteiger partial charge in [-0.3, -0.25) is 0 Å². The predicted octanol–water partition coefficient (Wildman–Crippen LogP) is 3.83. The van der Waals surface area contributed by atoms with Crippen LogP contribution in [0.5, 0.6) is 0 Å². The van der Waals surface area contributed by atoms with E-state index in [4.69, 9.17) is 0 Å². The summed E-state index contributed by atoms with van der Waals surface area (Å²) in [6, 6.07) is 13.1. The van der Waals surface area contributed by atoms with Gasteiger partial charge in [0.15, 0.2) is 0 Å². The molecule has 0 heterocycles. The van der Waals surface area contributed by atoms with E-state index < -0.39 is 0 Å². The van der Waals surface area contributed by atoms with E-state index in [1.807, 2.05) is 0 Å². The third kappa shape index (κ3) is 0.969. The molecule has 0 N–H and O–H groups in total. The van der Waals surface area contributed by atoms with E-state index in [0.29, 0.717) is 4.83 Å². The lowest BCUT2D eigenvalue weighted by Gasteiger charge is -2.01. The van der Waals surface area contributed by atoms with Crippen molar-refractivity contribution in [3.05, 3.63) is 47.5 Å². The molecule has 0 aliphatic heterocycles. The number of hydrogen-bond donors (Lipinski definition) is 0. The summed E-state index contributed by atoms with van der Waals surface area (Å²) in [5.41, 5.74) is 2.93. The summed E-state index contributed by atoms with van der Waals surface area (Å²) in [7, 11) is 0. The van der Waals surface area contributed by atoms with E-state index in [9.17, 15) is 0 Å². The van der Waals surface area contributed by atoms with Gasteiger partial charge in [-0.25, -0.2) is 0 Å². The van der Waals surface area contributed by atoms with Crippen molar-refractivity contribution in [2.24, 2.45) is 0 Å². The average molecular weight is 233 g/mol. The van der Waals surface area contributed by atoms with Gasteiger partial charge in [-0.2, -0.15) is 0 Å². The molecule has 0 fully saturated rings. The molecule has 0 saturated carbocycles. The van der Waals surface area contributed by atoms with E-state index in [1.165, 1.54) is 21.9 Å². The SMILES string of the molecule is Br[C@@H]1Cc2cccc3cccc1c23. The van der Waals surface area contributed by atoms with Crippen LogP contribution in [0.3, 0.4) is 0 Å². The standard InChI is InChI=1S/C12H9Br/c13-11-7-9-5-1-3-8-4-2-6-10(11)12(8)9/h1-6,11H,7H2/t11-/m1/s1. The first-order chi connectivity index (χ1) is 6.36. The van der Waals surface area contributed by atoms with Crippen molar-refractivity contribution < 1.29 is 0 Å². The number of hydrogen-bond acceptors (Lipinski definition) is 0. The fourth-order valence-electron chi connectivity index (χ4n) is 2.18. The molecule has 0 spiro atoms. The number of halogens is 1. The number of alkyl halides is 1. The molecule has 1 aliphatic rings. The van der Waals surface area contributed by atoms with Crippen molar-refractivity contribution >= 4 is 26.7 Å². The van der Waals surface area contributed by atoms with Gasteiger partial charge in [-0.05, 0) is 28.3 Å². The van der Waals surface area contributed by atoms with Crippen molar-refractivity contribution in [2.45, 2.75) is 11.2 Å². The quantitative estimate of drug-likeness (QED) is 0.606. The Bertz CT molecular complexity index is 468. The molecular weight excluding hydrogens is 224 g/mol. The first-order valence-corrected chi connectivity index (χ1v) is 5.42. The second-order valence-corrected chi connectivity index (χ2v) is 4.64. The molecule has 3 rings (SSSR count). The van der Waals surface area contributed by atoms with Gasteiger partial charge in [-0.15, -0.1) is 0 Å². The molecule has 0 nitrogen and oxygen atoms in total. The second-order valence-electron chi connectivity index (χ2n) is 3.53. The summed E-state index contributed by atoms with van der Waals surface area (Å²) in [5.74, 6) is 0. The van der Waals surface area contributed by atoms with E-state index in [2.05, 4.69) is 52.3 Å². The third-order valence-electron chi connectivity index (χ3n) is 2.76. The van der Waals surface area contributed by atoms with Gasteiger partial charge in [0.2, 0.25) is 0 Å². The molecule has 13 heavy (non-hydrogen) atoms. The summed E-state index contributed by atoms with van der Waals surface area (Å²) >= 11 is 3.71. The zero-order valence-corrected chi connectivity index (χ0v) is 8.71. The second kappa shape index (κ2) is 2.58. The Morgan fingerprint density at radius 1 is 1.08 bits per heavy atom. The molecule has 1 atom stereocenters. The van der Waals surface area contributed by atoms with E-state index in [0.717, 1.165) is 6.42 Å². The topological polar surface area (TPSA) is 0 Å². The van der Waals surface area contributed by atoms with E-state index >= 15 is 0 Å². The van der Waals surface area contributed by atoms with Crippen LogP contribution < -0.4 is 0 Å². The molecule has 2 aromatic carbocycles. The molecule has 0 unspecified atom stereocenters. The van der Waals surface area contributed by atoms with Crippen LogP contribution in [0.25, 0.3) is 10.8 Å². The molecule has 0 aromatic heterocycles. The summed E-state index contributed by atoms with van der Waals surface area (Å²) in [4.78, 5) is 0.522. The molecule has 0 radical (unpaired) electrons. The van der Waals surface area contributed by atoms with Gasteiger partial charge in [0.05, 0.1) is 0 Å². The predicted molar refractivity (Wildman–Crippen MR) is 59.3 cm³/mol. The Balaban J connectivity index is 2.51. The first-order valence-electron chi connectivity index (χ1n) is 4.51. The van der Waals surface area contributed by atoms with Crippen molar-refractivity contribution in [2.75, 3.05) is 0 Å². The highest BCUT2D eigenvalue weighted by Crippen LogP contribution is 2.41. The van der Waals surface area contributed by atoms with Crippen molar-refractivity contribution in [1.82, 2.24) is 0 Å². The Morgan fingerprint density at radius 3 is 2.69 bits per heavy atom.